The Morgan fingerprint density at radius 3 is 2.81 bits per heavy atom. The number of hydrogen-bond acceptors (Lipinski definition) is 2. The smallest absolute Gasteiger partial charge is 0.231 e. The molecule has 21 heavy (non-hydrogen) atoms. The first-order valence-electron chi connectivity index (χ1n) is 6.50. The molecule has 1 aliphatic rings. The fourth-order valence-electron chi connectivity index (χ4n) is 2.56. The summed E-state index contributed by atoms with van der Waals surface area (Å²) in [5.74, 6) is 0.0899. The first-order valence-corrected chi connectivity index (χ1v) is 8.37. The van der Waals surface area contributed by atoms with Crippen LogP contribution in [-0.2, 0) is 11.2 Å². The lowest BCUT2D eigenvalue weighted by molar-refractivity contribution is -0.117. The normalized spacial score (nSPS) is 15.2. The standard InChI is InChI=1S/C16H13BrINO2/c1-19-14-5-2-9(6-10(14)7-15(19)20)16(21)12-8-11(18)3-4-13(12)17/h2-6,8,16,21H,7H2,1H3. The van der Waals surface area contributed by atoms with Crippen molar-refractivity contribution in [2.45, 2.75) is 12.5 Å². The number of benzene rings is 2. The van der Waals surface area contributed by atoms with E-state index in [1.165, 1.54) is 0 Å². The van der Waals surface area contributed by atoms with Crippen LogP contribution in [-0.4, -0.2) is 18.1 Å². The number of carbonyl (C=O) groups is 1. The first kappa shape index (κ1) is 15.0. The van der Waals surface area contributed by atoms with Gasteiger partial charge in [-0.05, 0) is 58.0 Å². The zero-order valence-corrected chi connectivity index (χ0v) is 15.1. The van der Waals surface area contributed by atoms with Crippen LogP contribution in [0.5, 0.6) is 0 Å². The first-order chi connectivity index (χ1) is 9.97. The lowest BCUT2D eigenvalue weighted by Crippen LogP contribution is -2.20. The average molecular weight is 458 g/mol. The van der Waals surface area contributed by atoms with E-state index in [-0.39, 0.29) is 5.91 Å². The summed E-state index contributed by atoms with van der Waals surface area (Å²) in [5, 5.41) is 10.6. The van der Waals surface area contributed by atoms with Crippen LogP contribution in [0.3, 0.4) is 0 Å². The van der Waals surface area contributed by atoms with Crippen molar-refractivity contribution in [1.82, 2.24) is 0 Å². The molecule has 3 nitrogen and oxygen atoms in total. The van der Waals surface area contributed by atoms with Gasteiger partial charge >= 0.3 is 0 Å². The van der Waals surface area contributed by atoms with Crippen LogP contribution in [0.1, 0.15) is 22.8 Å². The molecule has 0 fully saturated rings. The van der Waals surface area contributed by atoms with Crippen LogP contribution in [0.25, 0.3) is 0 Å². The lowest BCUT2D eigenvalue weighted by Gasteiger charge is -2.16. The van der Waals surface area contributed by atoms with Crippen LogP contribution in [0.15, 0.2) is 40.9 Å². The van der Waals surface area contributed by atoms with Crippen molar-refractivity contribution >= 4 is 50.1 Å². The highest BCUT2D eigenvalue weighted by atomic mass is 127. The van der Waals surface area contributed by atoms with Gasteiger partial charge in [0, 0.05) is 26.3 Å². The molecular formula is C16H13BrINO2. The molecule has 1 amide bonds. The van der Waals surface area contributed by atoms with Gasteiger partial charge < -0.3 is 10.0 Å². The second-order valence-electron chi connectivity index (χ2n) is 5.09. The Balaban J connectivity index is 2.00. The minimum Gasteiger partial charge on any atom is -0.384 e. The summed E-state index contributed by atoms with van der Waals surface area (Å²) in [6.07, 6.45) is -0.305. The Labute approximate surface area is 145 Å². The van der Waals surface area contributed by atoms with Gasteiger partial charge in [-0.3, -0.25) is 4.79 Å². The van der Waals surface area contributed by atoms with Crippen LogP contribution in [0.2, 0.25) is 0 Å². The largest absolute Gasteiger partial charge is 0.384 e. The quantitative estimate of drug-likeness (QED) is 0.699. The van der Waals surface area contributed by atoms with Gasteiger partial charge in [0.15, 0.2) is 0 Å². The molecule has 0 saturated carbocycles. The molecule has 0 bridgehead atoms. The maximum absolute atomic E-state index is 11.7. The molecular weight excluding hydrogens is 445 g/mol. The van der Waals surface area contributed by atoms with E-state index in [0.717, 1.165) is 30.4 Å². The van der Waals surface area contributed by atoms with Gasteiger partial charge in [-0.1, -0.05) is 28.1 Å². The number of halogens is 2. The van der Waals surface area contributed by atoms with E-state index in [1.54, 1.807) is 11.9 Å². The van der Waals surface area contributed by atoms with Gasteiger partial charge in [0.05, 0.1) is 6.42 Å². The number of likely N-dealkylation sites (N-methyl/N-ethyl adjacent to an activating group) is 1. The number of amides is 1. The third kappa shape index (κ3) is 2.74. The Hall–Kier alpha value is -0.920. The topological polar surface area (TPSA) is 40.5 Å². The number of anilines is 1. The van der Waals surface area contributed by atoms with Crippen molar-refractivity contribution in [3.8, 4) is 0 Å². The summed E-state index contributed by atoms with van der Waals surface area (Å²) in [7, 11) is 1.78. The monoisotopic (exact) mass is 457 g/mol. The lowest BCUT2D eigenvalue weighted by atomic mass is 9.99. The van der Waals surface area contributed by atoms with Crippen molar-refractivity contribution < 1.29 is 9.90 Å². The number of fused-ring (bicyclic) bond motifs is 1. The number of carbonyl (C=O) groups excluding carboxylic acids is 1. The van der Waals surface area contributed by atoms with E-state index in [4.69, 9.17) is 0 Å². The highest BCUT2D eigenvalue weighted by Gasteiger charge is 2.25. The predicted octanol–water partition coefficient (Wildman–Crippen LogP) is 3.65. The number of rotatable bonds is 2. The maximum Gasteiger partial charge on any atom is 0.231 e. The van der Waals surface area contributed by atoms with Crippen LogP contribution < -0.4 is 4.90 Å². The SMILES string of the molecule is CN1C(=O)Cc2cc(C(O)c3cc(I)ccc3Br)ccc21. The molecule has 0 radical (unpaired) electrons. The van der Waals surface area contributed by atoms with Crippen molar-refractivity contribution in [3.63, 3.8) is 0 Å². The molecule has 5 heteroatoms. The Kier molecular flexibility index (Phi) is 4.07. The van der Waals surface area contributed by atoms with Crippen molar-refractivity contribution in [1.29, 1.82) is 0 Å². The molecule has 1 atom stereocenters. The highest BCUT2D eigenvalue weighted by molar-refractivity contribution is 14.1. The van der Waals surface area contributed by atoms with E-state index >= 15 is 0 Å². The fraction of sp³-hybridized carbons (Fsp3) is 0.188. The zero-order valence-electron chi connectivity index (χ0n) is 11.3. The third-order valence-corrected chi connectivity index (χ3v) is 5.14. The molecule has 1 unspecified atom stereocenters. The van der Waals surface area contributed by atoms with E-state index in [0.29, 0.717) is 6.42 Å². The fourth-order valence-corrected chi connectivity index (χ4v) is 3.54. The zero-order chi connectivity index (χ0) is 15.1. The summed E-state index contributed by atoms with van der Waals surface area (Å²) < 4.78 is 1.95. The average Bonchev–Trinajstić information content (AvgIpc) is 2.75. The summed E-state index contributed by atoms with van der Waals surface area (Å²) in [6.45, 7) is 0. The third-order valence-electron chi connectivity index (χ3n) is 3.75. The summed E-state index contributed by atoms with van der Waals surface area (Å²) >= 11 is 5.71. The number of hydrogen-bond donors (Lipinski definition) is 1. The van der Waals surface area contributed by atoms with Crippen molar-refractivity contribution in [3.05, 3.63) is 61.1 Å². The van der Waals surface area contributed by atoms with Gasteiger partial charge in [0.25, 0.3) is 0 Å². The van der Waals surface area contributed by atoms with Crippen LogP contribution in [0.4, 0.5) is 5.69 Å². The highest BCUT2D eigenvalue weighted by Crippen LogP contribution is 2.34. The molecule has 0 aromatic heterocycles. The number of nitrogens with zero attached hydrogens (tertiary/aromatic N) is 1. The van der Waals surface area contributed by atoms with E-state index in [2.05, 4.69) is 38.5 Å². The molecule has 108 valence electrons. The number of aliphatic hydroxyl groups is 1. The Morgan fingerprint density at radius 2 is 2.05 bits per heavy atom. The number of aliphatic hydroxyl groups excluding tert-OH is 1. The summed E-state index contributed by atoms with van der Waals surface area (Å²) in [6, 6.07) is 11.6. The van der Waals surface area contributed by atoms with E-state index in [1.807, 2.05) is 36.4 Å². The van der Waals surface area contributed by atoms with Gasteiger partial charge in [0.2, 0.25) is 5.91 Å². The second-order valence-corrected chi connectivity index (χ2v) is 7.19. The molecule has 1 N–H and O–H groups in total. The molecule has 0 saturated heterocycles. The maximum atomic E-state index is 11.7. The molecule has 2 aromatic rings. The van der Waals surface area contributed by atoms with E-state index in [9.17, 15) is 9.90 Å². The molecule has 1 heterocycles. The van der Waals surface area contributed by atoms with Crippen LogP contribution >= 0.6 is 38.5 Å². The van der Waals surface area contributed by atoms with Crippen LogP contribution in [0, 0.1) is 3.57 Å². The van der Waals surface area contributed by atoms with Gasteiger partial charge in [-0.25, -0.2) is 0 Å². The van der Waals surface area contributed by atoms with Gasteiger partial charge in [-0.2, -0.15) is 0 Å². The molecule has 0 aliphatic carbocycles. The Bertz CT molecular complexity index is 732. The van der Waals surface area contributed by atoms with Crippen molar-refractivity contribution in [2.75, 3.05) is 11.9 Å². The molecule has 1 aliphatic heterocycles. The van der Waals surface area contributed by atoms with Gasteiger partial charge in [-0.15, -0.1) is 0 Å². The minimum absolute atomic E-state index is 0.0899. The predicted molar refractivity (Wildman–Crippen MR) is 94.5 cm³/mol. The molecule has 0 spiro atoms. The van der Waals surface area contributed by atoms with Crippen molar-refractivity contribution in [2.24, 2.45) is 0 Å². The molecule has 3 rings (SSSR count). The summed E-state index contributed by atoms with van der Waals surface area (Å²) in [5.41, 5.74) is 3.54. The summed E-state index contributed by atoms with van der Waals surface area (Å²) in [4.78, 5) is 13.4. The molecule has 2 aromatic carbocycles. The second kappa shape index (κ2) is 5.70. The minimum atomic E-state index is -0.708. The van der Waals surface area contributed by atoms with E-state index < -0.39 is 6.10 Å². The Morgan fingerprint density at radius 1 is 1.29 bits per heavy atom. The van der Waals surface area contributed by atoms with Gasteiger partial charge in [0.1, 0.15) is 6.10 Å².